The molecule has 1 unspecified atom stereocenters. The van der Waals surface area contributed by atoms with Gasteiger partial charge in [0.2, 0.25) is 0 Å². The molecule has 1 heterocycles. The zero-order chi connectivity index (χ0) is 11.5. The summed E-state index contributed by atoms with van der Waals surface area (Å²) in [4.78, 5) is 0. The van der Waals surface area contributed by atoms with Crippen molar-refractivity contribution < 1.29 is 18.7 Å². The number of aliphatic hydroxyl groups excluding tert-OH is 1. The minimum atomic E-state index is -1.10. The van der Waals surface area contributed by atoms with Gasteiger partial charge in [-0.05, 0) is 24.3 Å². The second kappa shape index (κ2) is 4.37. The van der Waals surface area contributed by atoms with Crippen LogP contribution in [0.15, 0.2) is 41.0 Å². The Bertz CT molecular complexity index is 465. The minimum absolute atomic E-state index is 0.163. The number of hydrogen-bond acceptors (Lipinski definition) is 3. The van der Waals surface area contributed by atoms with E-state index in [4.69, 9.17) is 9.15 Å². The fourth-order valence-electron chi connectivity index (χ4n) is 1.46. The number of hydrogen-bond donors (Lipinski definition) is 1. The molecule has 0 radical (unpaired) electrons. The normalized spacial score (nSPS) is 12.4. The van der Waals surface area contributed by atoms with Crippen LogP contribution in [0.4, 0.5) is 4.39 Å². The van der Waals surface area contributed by atoms with E-state index >= 15 is 0 Å². The van der Waals surface area contributed by atoms with Gasteiger partial charge in [0.05, 0.1) is 13.4 Å². The van der Waals surface area contributed by atoms with Crippen molar-refractivity contribution in [3.63, 3.8) is 0 Å². The van der Waals surface area contributed by atoms with Gasteiger partial charge in [0.1, 0.15) is 23.4 Å². The van der Waals surface area contributed by atoms with Gasteiger partial charge in [0.15, 0.2) is 0 Å². The predicted molar refractivity (Wildman–Crippen MR) is 55.7 cm³/mol. The molecule has 1 aromatic carbocycles. The van der Waals surface area contributed by atoms with Crippen LogP contribution in [0.5, 0.6) is 5.75 Å². The van der Waals surface area contributed by atoms with Gasteiger partial charge < -0.3 is 14.3 Å². The van der Waals surface area contributed by atoms with Crippen molar-refractivity contribution in [1.29, 1.82) is 0 Å². The van der Waals surface area contributed by atoms with Crippen LogP contribution in [-0.2, 0) is 0 Å². The van der Waals surface area contributed by atoms with Crippen molar-refractivity contribution in [2.75, 3.05) is 7.11 Å². The predicted octanol–water partition coefficient (Wildman–Crippen LogP) is 2.51. The van der Waals surface area contributed by atoms with Crippen molar-refractivity contribution in [1.82, 2.24) is 0 Å². The zero-order valence-electron chi connectivity index (χ0n) is 8.68. The monoisotopic (exact) mass is 222 g/mol. The lowest BCUT2D eigenvalue weighted by atomic mass is 10.1. The van der Waals surface area contributed by atoms with Crippen LogP contribution < -0.4 is 4.74 Å². The van der Waals surface area contributed by atoms with E-state index in [1.54, 1.807) is 18.2 Å². The van der Waals surface area contributed by atoms with Gasteiger partial charge in [-0.15, -0.1) is 0 Å². The van der Waals surface area contributed by atoms with E-state index in [1.165, 1.54) is 25.5 Å². The number of aliphatic hydroxyl groups is 1. The molecule has 1 aromatic heterocycles. The lowest BCUT2D eigenvalue weighted by Gasteiger charge is -2.10. The SMILES string of the molecule is COc1ccc(C(O)c2ccco2)c(F)c1. The van der Waals surface area contributed by atoms with E-state index < -0.39 is 11.9 Å². The van der Waals surface area contributed by atoms with Crippen LogP contribution in [0.2, 0.25) is 0 Å². The highest BCUT2D eigenvalue weighted by molar-refractivity contribution is 5.32. The summed E-state index contributed by atoms with van der Waals surface area (Å²) < 4.78 is 23.5. The number of halogens is 1. The molecule has 0 aliphatic carbocycles. The molecule has 3 nitrogen and oxygen atoms in total. The number of ether oxygens (including phenoxy) is 1. The topological polar surface area (TPSA) is 42.6 Å². The highest BCUT2D eigenvalue weighted by Crippen LogP contribution is 2.26. The largest absolute Gasteiger partial charge is 0.497 e. The van der Waals surface area contributed by atoms with E-state index in [2.05, 4.69) is 0 Å². The first kappa shape index (κ1) is 10.7. The third kappa shape index (κ3) is 1.92. The van der Waals surface area contributed by atoms with E-state index in [1.807, 2.05) is 0 Å². The Kier molecular flexibility index (Phi) is 2.92. The van der Waals surface area contributed by atoms with Gasteiger partial charge >= 0.3 is 0 Å². The third-order valence-electron chi connectivity index (χ3n) is 2.31. The van der Waals surface area contributed by atoms with Crippen molar-refractivity contribution in [2.24, 2.45) is 0 Å². The minimum Gasteiger partial charge on any atom is -0.497 e. The van der Waals surface area contributed by atoms with Gasteiger partial charge in [-0.2, -0.15) is 0 Å². The molecule has 0 bridgehead atoms. The summed E-state index contributed by atoms with van der Waals surface area (Å²) in [7, 11) is 1.46. The average Bonchev–Trinajstić information content (AvgIpc) is 2.81. The van der Waals surface area contributed by atoms with E-state index in [0.717, 1.165) is 0 Å². The molecule has 0 fully saturated rings. The summed E-state index contributed by atoms with van der Waals surface area (Å²) in [6.45, 7) is 0. The summed E-state index contributed by atoms with van der Waals surface area (Å²) in [5.74, 6) is 0.195. The Balaban J connectivity index is 2.34. The zero-order valence-corrected chi connectivity index (χ0v) is 8.68. The standard InChI is InChI=1S/C12H11FO3/c1-15-8-4-5-9(10(13)7-8)12(14)11-3-2-6-16-11/h2-7,12,14H,1H3. The fraction of sp³-hybridized carbons (Fsp3) is 0.167. The molecular weight excluding hydrogens is 211 g/mol. The van der Waals surface area contributed by atoms with Crippen molar-refractivity contribution in [2.45, 2.75) is 6.10 Å². The first-order valence-electron chi connectivity index (χ1n) is 4.77. The highest BCUT2D eigenvalue weighted by atomic mass is 19.1. The smallest absolute Gasteiger partial charge is 0.139 e. The quantitative estimate of drug-likeness (QED) is 0.867. The van der Waals surface area contributed by atoms with E-state index in [0.29, 0.717) is 11.5 Å². The molecule has 0 saturated carbocycles. The fourth-order valence-corrected chi connectivity index (χ4v) is 1.46. The molecule has 0 spiro atoms. The molecule has 0 amide bonds. The Hall–Kier alpha value is -1.81. The van der Waals surface area contributed by atoms with Crippen molar-refractivity contribution in [3.8, 4) is 5.75 Å². The molecule has 16 heavy (non-hydrogen) atoms. The van der Waals surface area contributed by atoms with Crippen LogP contribution in [0.25, 0.3) is 0 Å². The number of rotatable bonds is 3. The molecule has 2 aromatic rings. The lowest BCUT2D eigenvalue weighted by Crippen LogP contribution is -2.01. The van der Waals surface area contributed by atoms with E-state index in [-0.39, 0.29) is 5.56 Å². The van der Waals surface area contributed by atoms with Crippen LogP contribution in [-0.4, -0.2) is 12.2 Å². The third-order valence-corrected chi connectivity index (χ3v) is 2.31. The average molecular weight is 222 g/mol. The summed E-state index contributed by atoms with van der Waals surface area (Å²) in [5.41, 5.74) is 0.163. The Morgan fingerprint density at radius 1 is 1.38 bits per heavy atom. The second-order valence-corrected chi connectivity index (χ2v) is 3.31. The Morgan fingerprint density at radius 3 is 2.75 bits per heavy atom. The number of furan rings is 1. The van der Waals surface area contributed by atoms with E-state index in [9.17, 15) is 9.50 Å². The molecule has 4 heteroatoms. The Labute approximate surface area is 92.1 Å². The number of methoxy groups -OCH3 is 1. The van der Waals surface area contributed by atoms with Gasteiger partial charge in [-0.1, -0.05) is 0 Å². The number of benzene rings is 1. The maximum Gasteiger partial charge on any atom is 0.139 e. The molecule has 1 N–H and O–H groups in total. The van der Waals surface area contributed by atoms with Crippen LogP contribution in [0, 0.1) is 5.82 Å². The summed E-state index contributed by atoms with van der Waals surface area (Å²) in [5, 5.41) is 9.85. The summed E-state index contributed by atoms with van der Waals surface area (Å²) in [6, 6.07) is 7.52. The molecule has 0 aliphatic rings. The molecule has 2 rings (SSSR count). The van der Waals surface area contributed by atoms with Crippen molar-refractivity contribution >= 4 is 0 Å². The first-order chi connectivity index (χ1) is 7.72. The van der Waals surface area contributed by atoms with Crippen LogP contribution in [0.1, 0.15) is 17.4 Å². The molecule has 0 saturated heterocycles. The van der Waals surface area contributed by atoms with Gasteiger partial charge in [0.25, 0.3) is 0 Å². The van der Waals surface area contributed by atoms with Gasteiger partial charge in [-0.25, -0.2) is 4.39 Å². The highest BCUT2D eigenvalue weighted by Gasteiger charge is 2.17. The molecular formula is C12H11FO3. The summed E-state index contributed by atoms with van der Waals surface area (Å²) in [6.07, 6.45) is 0.334. The lowest BCUT2D eigenvalue weighted by molar-refractivity contribution is 0.184. The van der Waals surface area contributed by atoms with Crippen LogP contribution >= 0.6 is 0 Å². The van der Waals surface area contributed by atoms with Gasteiger partial charge in [-0.3, -0.25) is 0 Å². The van der Waals surface area contributed by atoms with Crippen molar-refractivity contribution in [3.05, 3.63) is 53.7 Å². The van der Waals surface area contributed by atoms with Gasteiger partial charge in [0, 0.05) is 11.6 Å². The second-order valence-electron chi connectivity index (χ2n) is 3.31. The summed E-state index contributed by atoms with van der Waals surface area (Å²) >= 11 is 0. The Morgan fingerprint density at radius 2 is 2.19 bits per heavy atom. The maximum atomic E-state index is 13.6. The molecule has 84 valence electrons. The maximum absolute atomic E-state index is 13.6. The molecule has 0 aliphatic heterocycles. The van der Waals surface area contributed by atoms with Crippen LogP contribution in [0.3, 0.4) is 0 Å². The molecule has 1 atom stereocenters. The first-order valence-corrected chi connectivity index (χ1v) is 4.77.